The van der Waals surface area contributed by atoms with Crippen LogP contribution in [-0.2, 0) is 4.74 Å². The van der Waals surface area contributed by atoms with E-state index in [9.17, 15) is 13.6 Å². The molecule has 100 valence electrons. The van der Waals surface area contributed by atoms with E-state index in [0.29, 0.717) is 31.5 Å². The van der Waals surface area contributed by atoms with Crippen LogP contribution in [0.15, 0.2) is 16.8 Å². The molecule has 0 aliphatic carbocycles. The maximum atomic E-state index is 12.2. The topological polar surface area (TPSA) is 29.5 Å². The normalized spacial score (nSPS) is 18.2. The number of ether oxygens (including phenoxy) is 1. The molecule has 2 rings (SSSR count). The molecule has 0 bridgehead atoms. The number of rotatable bonds is 4. The zero-order valence-electron chi connectivity index (χ0n) is 9.85. The minimum Gasteiger partial charge on any atom is -0.459 e. The standard InChI is InChI=1S/C12H15F2NO2S/c13-11(14)7-15-4-1-10(2-5-15)17-12(16)9-3-6-18-8-9/h3,6,8,10-11H,1-2,4-5,7H2. The SMILES string of the molecule is O=C(OC1CCN(CC(F)F)CC1)c1ccsc1. The molecule has 0 aromatic carbocycles. The van der Waals surface area contributed by atoms with Crippen molar-refractivity contribution in [3.05, 3.63) is 22.4 Å². The highest BCUT2D eigenvalue weighted by Gasteiger charge is 2.24. The molecule has 2 heterocycles. The van der Waals surface area contributed by atoms with Crippen LogP contribution in [0.25, 0.3) is 0 Å². The highest BCUT2D eigenvalue weighted by atomic mass is 32.1. The van der Waals surface area contributed by atoms with E-state index in [4.69, 9.17) is 4.74 Å². The third-order valence-corrected chi connectivity index (χ3v) is 3.64. The second-order valence-corrected chi connectivity index (χ2v) is 5.09. The first-order valence-corrected chi connectivity index (χ1v) is 6.83. The largest absolute Gasteiger partial charge is 0.459 e. The lowest BCUT2D eigenvalue weighted by atomic mass is 10.1. The second-order valence-electron chi connectivity index (χ2n) is 4.31. The van der Waals surface area contributed by atoms with Crippen LogP contribution in [0, 0.1) is 0 Å². The number of thiophene rings is 1. The minimum atomic E-state index is -2.30. The first-order chi connectivity index (χ1) is 8.65. The van der Waals surface area contributed by atoms with Gasteiger partial charge in [0.25, 0.3) is 6.43 Å². The van der Waals surface area contributed by atoms with Crippen LogP contribution in [0.3, 0.4) is 0 Å². The number of esters is 1. The van der Waals surface area contributed by atoms with Gasteiger partial charge in [0, 0.05) is 18.5 Å². The molecule has 1 aliphatic heterocycles. The van der Waals surface area contributed by atoms with Gasteiger partial charge in [-0.2, -0.15) is 11.3 Å². The lowest BCUT2D eigenvalue weighted by Gasteiger charge is -2.31. The molecular weight excluding hydrogens is 260 g/mol. The molecule has 1 aromatic rings. The van der Waals surface area contributed by atoms with Gasteiger partial charge in [0.1, 0.15) is 6.10 Å². The quantitative estimate of drug-likeness (QED) is 0.791. The van der Waals surface area contributed by atoms with Crippen molar-refractivity contribution in [1.29, 1.82) is 0 Å². The molecule has 1 aliphatic rings. The van der Waals surface area contributed by atoms with Gasteiger partial charge < -0.3 is 4.74 Å². The number of carbonyl (C=O) groups is 1. The van der Waals surface area contributed by atoms with Gasteiger partial charge in [-0.15, -0.1) is 0 Å². The molecule has 0 atom stereocenters. The van der Waals surface area contributed by atoms with E-state index in [0.717, 1.165) is 0 Å². The lowest BCUT2D eigenvalue weighted by Crippen LogP contribution is -2.40. The Morgan fingerprint density at radius 1 is 1.50 bits per heavy atom. The Labute approximate surface area is 108 Å². The molecule has 18 heavy (non-hydrogen) atoms. The number of piperidine rings is 1. The summed E-state index contributed by atoms with van der Waals surface area (Å²) >= 11 is 1.44. The molecule has 0 radical (unpaired) electrons. The number of hydrogen-bond donors (Lipinski definition) is 0. The summed E-state index contributed by atoms with van der Waals surface area (Å²) in [5, 5.41) is 3.57. The molecule has 0 spiro atoms. The monoisotopic (exact) mass is 275 g/mol. The summed E-state index contributed by atoms with van der Waals surface area (Å²) in [6.07, 6.45) is -1.19. The van der Waals surface area contributed by atoms with Crippen molar-refractivity contribution < 1.29 is 18.3 Å². The Balaban J connectivity index is 1.75. The van der Waals surface area contributed by atoms with Gasteiger partial charge in [0.2, 0.25) is 0 Å². The van der Waals surface area contributed by atoms with Crippen molar-refractivity contribution >= 4 is 17.3 Å². The fourth-order valence-corrected chi connectivity index (χ4v) is 2.63. The van der Waals surface area contributed by atoms with Crippen LogP contribution in [0.4, 0.5) is 8.78 Å². The Morgan fingerprint density at radius 2 is 2.22 bits per heavy atom. The number of halogens is 2. The number of carbonyl (C=O) groups excluding carboxylic acids is 1. The molecule has 6 heteroatoms. The zero-order chi connectivity index (χ0) is 13.0. The zero-order valence-corrected chi connectivity index (χ0v) is 10.7. The Bertz CT molecular complexity index is 375. The van der Waals surface area contributed by atoms with Crippen LogP contribution in [0.2, 0.25) is 0 Å². The summed E-state index contributed by atoms with van der Waals surface area (Å²) in [5.41, 5.74) is 0.565. The Morgan fingerprint density at radius 3 is 2.78 bits per heavy atom. The molecule has 0 unspecified atom stereocenters. The number of alkyl halides is 2. The predicted molar refractivity (Wildman–Crippen MR) is 65.2 cm³/mol. The van der Waals surface area contributed by atoms with Crippen LogP contribution in [0.1, 0.15) is 23.2 Å². The van der Waals surface area contributed by atoms with Gasteiger partial charge >= 0.3 is 5.97 Å². The predicted octanol–water partition coefficient (Wildman–Crippen LogP) is 2.63. The summed E-state index contributed by atoms with van der Waals surface area (Å²) in [7, 11) is 0. The molecule has 1 saturated heterocycles. The van der Waals surface area contributed by atoms with Gasteiger partial charge in [-0.25, -0.2) is 13.6 Å². The third kappa shape index (κ3) is 3.74. The van der Waals surface area contributed by atoms with Crippen LogP contribution < -0.4 is 0 Å². The average molecular weight is 275 g/mol. The van der Waals surface area contributed by atoms with Crippen molar-refractivity contribution in [3.8, 4) is 0 Å². The van der Waals surface area contributed by atoms with Crippen molar-refractivity contribution in [3.63, 3.8) is 0 Å². The molecule has 0 amide bonds. The average Bonchev–Trinajstić information content (AvgIpc) is 2.84. The molecule has 0 N–H and O–H groups in total. The number of nitrogens with zero attached hydrogens (tertiary/aromatic N) is 1. The van der Waals surface area contributed by atoms with E-state index in [1.165, 1.54) is 11.3 Å². The Hall–Kier alpha value is -1.01. The van der Waals surface area contributed by atoms with Gasteiger partial charge in [-0.1, -0.05) is 0 Å². The first kappa shape index (κ1) is 13.4. The fourth-order valence-electron chi connectivity index (χ4n) is 2.00. The Kier molecular flexibility index (Phi) is 4.66. The van der Waals surface area contributed by atoms with Gasteiger partial charge in [-0.05, 0) is 24.3 Å². The van der Waals surface area contributed by atoms with E-state index >= 15 is 0 Å². The molecule has 1 aromatic heterocycles. The van der Waals surface area contributed by atoms with Crippen molar-refractivity contribution in [2.75, 3.05) is 19.6 Å². The minimum absolute atomic E-state index is 0.147. The summed E-state index contributed by atoms with van der Waals surface area (Å²) in [4.78, 5) is 13.4. The van der Waals surface area contributed by atoms with Crippen molar-refractivity contribution in [2.45, 2.75) is 25.4 Å². The van der Waals surface area contributed by atoms with Crippen LogP contribution in [0.5, 0.6) is 0 Å². The smallest absolute Gasteiger partial charge is 0.339 e. The van der Waals surface area contributed by atoms with E-state index in [1.807, 2.05) is 5.38 Å². The van der Waals surface area contributed by atoms with E-state index < -0.39 is 6.43 Å². The van der Waals surface area contributed by atoms with Crippen molar-refractivity contribution in [2.24, 2.45) is 0 Å². The first-order valence-electron chi connectivity index (χ1n) is 5.89. The van der Waals surface area contributed by atoms with Gasteiger partial charge in [0.05, 0.1) is 12.1 Å². The number of likely N-dealkylation sites (tertiary alicyclic amines) is 1. The molecule has 3 nitrogen and oxygen atoms in total. The fraction of sp³-hybridized carbons (Fsp3) is 0.583. The lowest BCUT2D eigenvalue weighted by molar-refractivity contribution is 0.00230. The van der Waals surface area contributed by atoms with Gasteiger partial charge in [0.15, 0.2) is 0 Å². The molecule has 0 saturated carbocycles. The highest BCUT2D eigenvalue weighted by Crippen LogP contribution is 2.17. The van der Waals surface area contributed by atoms with Crippen LogP contribution >= 0.6 is 11.3 Å². The molecular formula is C12H15F2NO2S. The highest BCUT2D eigenvalue weighted by molar-refractivity contribution is 7.08. The van der Waals surface area contributed by atoms with E-state index in [1.54, 1.807) is 16.3 Å². The van der Waals surface area contributed by atoms with E-state index in [-0.39, 0.29) is 18.6 Å². The maximum absolute atomic E-state index is 12.2. The molecule has 1 fully saturated rings. The maximum Gasteiger partial charge on any atom is 0.339 e. The van der Waals surface area contributed by atoms with Gasteiger partial charge in [-0.3, -0.25) is 4.90 Å². The summed E-state index contributed by atoms with van der Waals surface area (Å²) in [6, 6.07) is 1.72. The summed E-state index contributed by atoms with van der Waals surface area (Å²) in [5.74, 6) is -0.316. The van der Waals surface area contributed by atoms with E-state index in [2.05, 4.69) is 0 Å². The van der Waals surface area contributed by atoms with Crippen molar-refractivity contribution in [1.82, 2.24) is 4.90 Å². The summed E-state index contributed by atoms with van der Waals surface area (Å²) < 4.78 is 29.7. The van der Waals surface area contributed by atoms with Crippen LogP contribution in [-0.4, -0.2) is 43.0 Å². The third-order valence-electron chi connectivity index (χ3n) is 2.96. The number of hydrogen-bond acceptors (Lipinski definition) is 4. The summed E-state index contributed by atoms with van der Waals surface area (Å²) in [6.45, 7) is 0.934. The second kappa shape index (κ2) is 6.24.